The Morgan fingerprint density at radius 2 is 1.94 bits per heavy atom. The topological polar surface area (TPSA) is 98.1 Å². The monoisotopic (exact) mass is 447 g/mol. The van der Waals surface area contributed by atoms with Gasteiger partial charge < -0.3 is 19.9 Å². The van der Waals surface area contributed by atoms with Gasteiger partial charge in [-0.1, -0.05) is 25.3 Å². The van der Waals surface area contributed by atoms with Gasteiger partial charge in [0.05, 0.1) is 12.9 Å². The minimum Gasteiger partial charge on any atom is -0.489 e. The molecule has 1 fully saturated rings. The fraction of sp³-hybridized carbons (Fsp3) is 0.360. The Kier molecular flexibility index (Phi) is 7.68. The molecule has 1 aliphatic carbocycles. The summed E-state index contributed by atoms with van der Waals surface area (Å²) >= 11 is 0. The van der Waals surface area contributed by atoms with E-state index in [-0.39, 0.29) is 11.8 Å². The van der Waals surface area contributed by atoms with Crippen LogP contribution in [-0.2, 0) is 11.3 Å². The van der Waals surface area contributed by atoms with Crippen LogP contribution in [0.4, 0.5) is 11.5 Å². The molecule has 1 aliphatic rings. The lowest BCUT2D eigenvalue weighted by Crippen LogP contribution is -2.18. The molecule has 3 aromatic rings. The number of nitrogens with zero attached hydrogens (tertiary/aromatic N) is 3. The van der Waals surface area contributed by atoms with Gasteiger partial charge in [0.2, 0.25) is 5.91 Å². The summed E-state index contributed by atoms with van der Waals surface area (Å²) in [5.41, 5.74) is 0.986. The molecule has 33 heavy (non-hydrogen) atoms. The second-order valence-corrected chi connectivity index (χ2v) is 8.30. The number of aromatic nitrogens is 3. The van der Waals surface area contributed by atoms with Gasteiger partial charge in [0.1, 0.15) is 0 Å². The van der Waals surface area contributed by atoms with Gasteiger partial charge >= 0.3 is 0 Å². The number of pyridine rings is 1. The Bertz CT molecular complexity index is 1060. The second kappa shape index (κ2) is 11.3. The number of anilines is 2. The van der Waals surface area contributed by atoms with Crippen molar-refractivity contribution < 1.29 is 14.3 Å². The summed E-state index contributed by atoms with van der Waals surface area (Å²) in [5.74, 6) is 1.07. The molecule has 0 radical (unpaired) electrons. The van der Waals surface area contributed by atoms with E-state index in [0.29, 0.717) is 48.3 Å². The summed E-state index contributed by atoms with van der Waals surface area (Å²) in [6, 6.07) is 10.5. The summed E-state index contributed by atoms with van der Waals surface area (Å²) in [6.07, 6.45) is 13.3. The molecule has 2 aromatic heterocycles. The van der Waals surface area contributed by atoms with E-state index in [4.69, 9.17) is 4.74 Å². The van der Waals surface area contributed by atoms with E-state index in [9.17, 15) is 9.59 Å². The maximum Gasteiger partial charge on any atom is 0.256 e. The minimum absolute atomic E-state index is 0.135. The molecule has 1 aromatic carbocycles. The molecule has 0 aliphatic heterocycles. The van der Waals surface area contributed by atoms with E-state index in [1.807, 2.05) is 16.8 Å². The molecule has 8 nitrogen and oxygen atoms in total. The van der Waals surface area contributed by atoms with Crippen molar-refractivity contribution in [1.82, 2.24) is 14.5 Å². The van der Waals surface area contributed by atoms with E-state index >= 15 is 0 Å². The average Bonchev–Trinajstić information content (AvgIpc) is 3.37. The Morgan fingerprint density at radius 1 is 1.06 bits per heavy atom. The fourth-order valence-electron chi connectivity index (χ4n) is 3.95. The number of hydrogen-bond acceptors (Lipinski definition) is 5. The van der Waals surface area contributed by atoms with Gasteiger partial charge in [-0.2, -0.15) is 0 Å². The van der Waals surface area contributed by atoms with Gasteiger partial charge in [-0.3, -0.25) is 9.59 Å². The Labute approximate surface area is 193 Å². The Balaban J connectivity index is 1.34. The molecule has 0 saturated heterocycles. The second-order valence-electron chi connectivity index (χ2n) is 8.30. The standard InChI is InChI=1S/C25H29N5O3/c31-23(11-14-30-15-13-26-18-30)28-21-9-4-8-20(16-21)25(32)29-24-22(10-5-12-27-24)33-17-19-6-2-1-3-7-19/h4-5,8-10,12-13,15-16,18-19H,1-3,6-7,11,14,17H2,(H,28,31)(H,27,29,32). The maximum atomic E-state index is 12.9. The average molecular weight is 448 g/mol. The third-order valence-electron chi connectivity index (χ3n) is 5.77. The number of hydrogen-bond donors (Lipinski definition) is 2. The van der Waals surface area contributed by atoms with E-state index in [2.05, 4.69) is 20.6 Å². The van der Waals surface area contributed by atoms with Crippen molar-refractivity contribution in [1.29, 1.82) is 0 Å². The zero-order chi connectivity index (χ0) is 22.9. The lowest BCUT2D eigenvalue weighted by molar-refractivity contribution is -0.116. The van der Waals surface area contributed by atoms with Crippen LogP contribution >= 0.6 is 0 Å². The molecule has 0 unspecified atom stereocenters. The molecular weight excluding hydrogens is 418 g/mol. The first-order chi connectivity index (χ1) is 16.2. The van der Waals surface area contributed by atoms with Crippen molar-refractivity contribution in [3.8, 4) is 5.75 Å². The van der Waals surface area contributed by atoms with E-state index in [1.165, 1.54) is 32.1 Å². The van der Waals surface area contributed by atoms with Gasteiger partial charge in [-0.15, -0.1) is 0 Å². The molecule has 8 heteroatoms. The van der Waals surface area contributed by atoms with Gasteiger partial charge in [0.15, 0.2) is 11.6 Å². The number of aryl methyl sites for hydroxylation is 1. The van der Waals surface area contributed by atoms with Gasteiger partial charge in [0.25, 0.3) is 5.91 Å². The summed E-state index contributed by atoms with van der Waals surface area (Å²) in [6.45, 7) is 1.17. The number of benzene rings is 1. The predicted octanol–water partition coefficient (Wildman–Crippen LogP) is 4.52. The van der Waals surface area contributed by atoms with Crippen LogP contribution in [0, 0.1) is 5.92 Å². The number of imidazole rings is 1. The minimum atomic E-state index is -0.314. The predicted molar refractivity (Wildman–Crippen MR) is 126 cm³/mol. The quantitative estimate of drug-likeness (QED) is 0.503. The molecule has 0 atom stereocenters. The van der Waals surface area contributed by atoms with Crippen LogP contribution in [0.2, 0.25) is 0 Å². The summed E-state index contributed by atoms with van der Waals surface area (Å²) in [4.78, 5) is 33.4. The summed E-state index contributed by atoms with van der Waals surface area (Å²) in [5, 5.41) is 5.68. The largest absolute Gasteiger partial charge is 0.489 e. The highest BCUT2D eigenvalue weighted by Gasteiger charge is 2.16. The fourth-order valence-corrected chi connectivity index (χ4v) is 3.95. The van der Waals surface area contributed by atoms with E-state index < -0.39 is 0 Å². The number of amides is 2. The highest BCUT2D eigenvalue weighted by atomic mass is 16.5. The summed E-state index contributed by atoms with van der Waals surface area (Å²) in [7, 11) is 0. The molecule has 2 amide bonds. The molecule has 0 spiro atoms. The Morgan fingerprint density at radius 3 is 2.76 bits per heavy atom. The van der Waals surface area contributed by atoms with Crippen molar-refractivity contribution in [2.24, 2.45) is 5.92 Å². The smallest absolute Gasteiger partial charge is 0.256 e. The van der Waals surface area contributed by atoms with Gasteiger partial charge in [-0.05, 0) is 49.1 Å². The van der Waals surface area contributed by atoms with Gasteiger partial charge in [-0.25, -0.2) is 9.97 Å². The molecule has 2 heterocycles. The summed E-state index contributed by atoms with van der Waals surface area (Å²) < 4.78 is 7.84. The zero-order valence-corrected chi connectivity index (χ0v) is 18.6. The lowest BCUT2D eigenvalue weighted by atomic mass is 9.90. The van der Waals surface area contributed by atoms with Gasteiger partial charge in [0, 0.05) is 42.8 Å². The van der Waals surface area contributed by atoms with Crippen molar-refractivity contribution >= 4 is 23.3 Å². The number of carbonyl (C=O) groups excluding carboxylic acids is 2. The maximum absolute atomic E-state index is 12.9. The Hall–Kier alpha value is -3.68. The van der Waals surface area contributed by atoms with Crippen LogP contribution in [0.1, 0.15) is 48.9 Å². The number of carbonyl (C=O) groups is 2. The first-order valence-corrected chi connectivity index (χ1v) is 11.4. The van der Waals surface area contributed by atoms with Crippen LogP contribution in [0.25, 0.3) is 0 Å². The zero-order valence-electron chi connectivity index (χ0n) is 18.6. The SMILES string of the molecule is O=C(CCn1ccnc1)Nc1cccc(C(=O)Nc2ncccc2OCC2CCCCC2)c1. The molecule has 1 saturated carbocycles. The number of nitrogens with one attached hydrogen (secondary N) is 2. The highest BCUT2D eigenvalue weighted by Crippen LogP contribution is 2.27. The lowest BCUT2D eigenvalue weighted by Gasteiger charge is -2.22. The van der Waals surface area contributed by atoms with E-state index in [1.54, 1.807) is 49.1 Å². The van der Waals surface area contributed by atoms with Crippen LogP contribution in [0.3, 0.4) is 0 Å². The van der Waals surface area contributed by atoms with Crippen LogP contribution in [0.5, 0.6) is 5.75 Å². The van der Waals surface area contributed by atoms with Crippen LogP contribution in [0.15, 0.2) is 61.3 Å². The van der Waals surface area contributed by atoms with Crippen molar-refractivity contribution in [2.75, 3.05) is 17.2 Å². The number of ether oxygens (including phenoxy) is 1. The molecule has 4 rings (SSSR count). The molecular formula is C25H29N5O3. The highest BCUT2D eigenvalue weighted by molar-refractivity contribution is 6.05. The number of rotatable bonds is 9. The molecule has 0 bridgehead atoms. The van der Waals surface area contributed by atoms with Crippen molar-refractivity contribution in [3.05, 3.63) is 66.9 Å². The van der Waals surface area contributed by atoms with Crippen molar-refractivity contribution in [3.63, 3.8) is 0 Å². The first-order valence-electron chi connectivity index (χ1n) is 11.4. The first kappa shape index (κ1) is 22.5. The van der Waals surface area contributed by atoms with Crippen LogP contribution < -0.4 is 15.4 Å². The molecule has 172 valence electrons. The van der Waals surface area contributed by atoms with Crippen LogP contribution in [-0.4, -0.2) is 33.0 Å². The normalized spacial score (nSPS) is 13.9. The third-order valence-corrected chi connectivity index (χ3v) is 5.77. The van der Waals surface area contributed by atoms with Crippen molar-refractivity contribution in [2.45, 2.75) is 45.1 Å². The van der Waals surface area contributed by atoms with E-state index in [0.717, 1.165) is 0 Å². The third kappa shape index (κ3) is 6.65. The molecule has 2 N–H and O–H groups in total.